The Morgan fingerprint density at radius 3 is 1.29 bits per heavy atom. The maximum atomic E-state index is 13.7. The van der Waals surface area contributed by atoms with Gasteiger partial charge in [0.05, 0.1) is 22.3 Å². The molecule has 0 saturated carbocycles. The van der Waals surface area contributed by atoms with Gasteiger partial charge >= 0.3 is 0 Å². The standard InChI is InChI=1S/C34H34N2O6/c1-3-5-7-19-9-13-21(14-10-19)41-25-17-23(35)27-29(31(25)37)33(39)28-24(36)18-26(32(38)30(28)34(27)40)42-22-15-11-20(12-16-22)8-6-4-2/h9-18,37-38H,3-8,35-36H2,1-2H3. The van der Waals surface area contributed by atoms with Gasteiger partial charge in [0.25, 0.3) is 0 Å². The van der Waals surface area contributed by atoms with Gasteiger partial charge in [-0.05, 0) is 61.1 Å². The second kappa shape index (κ2) is 11.9. The third kappa shape index (κ3) is 5.35. The fraction of sp³-hybridized carbons (Fsp3) is 0.235. The van der Waals surface area contributed by atoms with Crippen LogP contribution in [0.15, 0.2) is 60.7 Å². The molecule has 8 nitrogen and oxygen atoms in total. The molecule has 0 aliphatic heterocycles. The topological polar surface area (TPSA) is 145 Å². The highest BCUT2D eigenvalue weighted by Gasteiger charge is 2.40. The van der Waals surface area contributed by atoms with Crippen molar-refractivity contribution in [2.24, 2.45) is 0 Å². The molecule has 0 spiro atoms. The van der Waals surface area contributed by atoms with Crippen LogP contribution in [0.1, 0.15) is 82.5 Å². The first-order valence-corrected chi connectivity index (χ1v) is 14.2. The number of ether oxygens (including phenoxy) is 2. The van der Waals surface area contributed by atoms with Crippen molar-refractivity contribution in [3.8, 4) is 34.5 Å². The highest BCUT2D eigenvalue weighted by Crippen LogP contribution is 2.48. The summed E-state index contributed by atoms with van der Waals surface area (Å²) in [5.74, 6) is -1.91. The molecule has 0 fully saturated rings. The summed E-state index contributed by atoms with van der Waals surface area (Å²) in [6.07, 6.45) is 6.18. The predicted molar refractivity (Wildman–Crippen MR) is 162 cm³/mol. The molecule has 8 heteroatoms. The summed E-state index contributed by atoms with van der Waals surface area (Å²) in [5, 5.41) is 22.2. The van der Waals surface area contributed by atoms with E-state index in [0.29, 0.717) is 11.5 Å². The minimum atomic E-state index is -0.760. The van der Waals surface area contributed by atoms with Crippen molar-refractivity contribution in [2.45, 2.75) is 52.4 Å². The summed E-state index contributed by atoms with van der Waals surface area (Å²) in [7, 11) is 0. The van der Waals surface area contributed by atoms with Crippen LogP contribution < -0.4 is 20.9 Å². The van der Waals surface area contributed by atoms with Crippen molar-refractivity contribution in [3.63, 3.8) is 0 Å². The van der Waals surface area contributed by atoms with E-state index in [1.54, 1.807) is 24.3 Å². The van der Waals surface area contributed by atoms with E-state index in [1.807, 2.05) is 24.3 Å². The number of phenolic OH excluding ortho intramolecular Hbond substituents is 2. The Kier molecular flexibility index (Phi) is 8.06. The average molecular weight is 567 g/mol. The molecule has 0 heterocycles. The molecule has 1 aliphatic carbocycles. The molecule has 0 aromatic heterocycles. The Labute approximate surface area is 244 Å². The molecule has 216 valence electrons. The number of phenols is 2. The lowest BCUT2D eigenvalue weighted by molar-refractivity contribution is 0.0974. The molecule has 6 N–H and O–H groups in total. The lowest BCUT2D eigenvalue weighted by Gasteiger charge is -2.24. The first-order valence-electron chi connectivity index (χ1n) is 14.2. The fourth-order valence-electron chi connectivity index (χ4n) is 5.14. The SMILES string of the molecule is CCCCc1ccc(Oc2cc(N)c3c(c2O)C(=O)c2c(N)cc(Oc4ccc(CCCC)cc4)c(O)c2C3=O)cc1. The van der Waals surface area contributed by atoms with Crippen LogP contribution in [0.4, 0.5) is 11.4 Å². The number of carbonyl (C=O) groups excluding carboxylic acids is 2. The maximum absolute atomic E-state index is 13.7. The second-order valence-corrected chi connectivity index (χ2v) is 10.5. The number of nitrogens with two attached hydrogens (primary N) is 2. The smallest absolute Gasteiger partial charge is 0.200 e. The van der Waals surface area contributed by atoms with Gasteiger partial charge in [-0.2, -0.15) is 0 Å². The van der Waals surface area contributed by atoms with Gasteiger partial charge in [-0.15, -0.1) is 0 Å². The number of unbranched alkanes of at least 4 members (excludes halogenated alkanes) is 2. The molecule has 5 rings (SSSR count). The van der Waals surface area contributed by atoms with E-state index >= 15 is 0 Å². The van der Waals surface area contributed by atoms with Crippen LogP contribution in [-0.2, 0) is 12.8 Å². The van der Waals surface area contributed by atoms with Crippen LogP contribution in [0.5, 0.6) is 34.5 Å². The van der Waals surface area contributed by atoms with E-state index in [-0.39, 0.29) is 45.1 Å². The Morgan fingerprint density at radius 1 is 0.595 bits per heavy atom. The molecule has 0 bridgehead atoms. The Morgan fingerprint density at radius 2 is 0.952 bits per heavy atom. The lowest BCUT2D eigenvalue weighted by Crippen LogP contribution is -2.24. The van der Waals surface area contributed by atoms with Crippen molar-refractivity contribution < 1.29 is 29.3 Å². The summed E-state index contributed by atoms with van der Waals surface area (Å²) in [4.78, 5) is 27.4. The number of hydrogen-bond acceptors (Lipinski definition) is 8. The largest absolute Gasteiger partial charge is 0.504 e. The molecule has 1 aliphatic rings. The molecule has 4 aromatic rings. The van der Waals surface area contributed by atoms with Crippen molar-refractivity contribution >= 4 is 22.9 Å². The van der Waals surface area contributed by atoms with Gasteiger partial charge < -0.3 is 31.2 Å². The van der Waals surface area contributed by atoms with Gasteiger partial charge in [0, 0.05) is 23.5 Å². The number of hydrogen-bond donors (Lipinski definition) is 4. The Hall–Kier alpha value is -4.98. The number of fused-ring (bicyclic) bond motifs is 2. The van der Waals surface area contributed by atoms with Crippen molar-refractivity contribution in [1.29, 1.82) is 0 Å². The molecule has 0 radical (unpaired) electrons. The maximum Gasteiger partial charge on any atom is 0.200 e. The predicted octanol–water partition coefficient (Wildman–Crippen LogP) is 7.31. The molecule has 4 aromatic carbocycles. The van der Waals surface area contributed by atoms with E-state index in [9.17, 15) is 19.8 Å². The molecule has 0 saturated heterocycles. The minimum Gasteiger partial charge on any atom is -0.504 e. The van der Waals surface area contributed by atoms with E-state index < -0.39 is 23.1 Å². The van der Waals surface area contributed by atoms with Crippen LogP contribution in [-0.4, -0.2) is 21.8 Å². The first kappa shape index (κ1) is 28.5. The van der Waals surface area contributed by atoms with E-state index in [0.717, 1.165) is 49.7 Å². The Bertz CT molecular complexity index is 1530. The van der Waals surface area contributed by atoms with E-state index in [2.05, 4.69) is 13.8 Å². The van der Waals surface area contributed by atoms with Gasteiger partial charge in [-0.3, -0.25) is 9.59 Å². The number of carbonyl (C=O) groups is 2. The fourth-order valence-corrected chi connectivity index (χ4v) is 5.14. The summed E-state index contributed by atoms with van der Waals surface area (Å²) < 4.78 is 11.7. The normalized spacial score (nSPS) is 12.1. The zero-order valence-electron chi connectivity index (χ0n) is 23.7. The summed E-state index contributed by atoms with van der Waals surface area (Å²) in [6, 6.07) is 17.3. The molecular weight excluding hydrogens is 532 g/mol. The second-order valence-electron chi connectivity index (χ2n) is 10.5. The van der Waals surface area contributed by atoms with Crippen LogP contribution in [0.25, 0.3) is 0 Å². The summed E-state index contributed by atoms with van der Waals surface area (Å²) >= 11 is 0. The monoisotopic (exact) mass is 566 g/mol. The van der Waals surface area contributed by atoms with Crippen molar-refractivity contribution in [1.82, 2.24) is 0 Å². The Balaban J connectivity index is 1.47. The lowest BCUT2D eigenvalue weighted by atomic mass is 9.81. The molecule has 0 unspecified atom stereocenters. The number of nitrogen functional groups attached to an aromatic ring is 2. The number of ketones is 2. The molecule has 0 amide bonds. The third-order valence-electron chi connectivity index (χ3n) is 7.44. The first-order chi connectivity index (χ1) is 20.2. The quantitative estimate of drug-likeness (QED) is 0.102. The van der Waals surface area contributed by atoms with Gasteiger partial charge in [-0.25, -0.2) is 0 Å². The average Bonchev–Trinajstić information content (AvgIpc) is 2.98. The highest BCUT2D eigenvalue weighted by molar-refractivity contribution is 6.33. The highest BCUT2D eigenvalue weighted by atomic mass is 16.5. The number of aryl methyl sites for hydroxylation is 2. The minimum absolute atomic E-state index is 0.0812. The zero-order chi connectivity index (χ0) is 30.0. The van der Waals surface area contributed by atoms with Crippen molar-refractivity contribution in [2.75, 3.05) is 11.5 Å². The number of rotatable bonds is 10. The summed E-state index contributed by atoms with van der Waals surface area (Å²) in [6.45, 7) is 4.25. The number of aromatic hydroxyl groups is 2. The van der Waals surface area contributed by atoms with Crippen molar-refractivity contribution in [3.05, 3.63) is 94.0 Å². The van der Waals surface area contributed by atoms with Gasteiger partial charge in [0.15, 0.2) is 23.0 Å². The van der Waals surface area contributed by atoms with Crippen LogP contribution in [0.2, 0.25) is 0 Å². The van der Waals surface area contributed by atoms with Crippen LogP contribution in [0, 0.1) is 0 Å². The van der Waals surface area contributed by atoms with Gasteiger partial charge in [0.2, 0.25) is 11.6 Å². The van der Waals surface area contributed by atoms with E-state index in [4.69, 9.17) is 20.9 Å². The summed E-state index contributed by atoms with van der Waals surface area (Å²) in [5.41, 5.74) is 13.5. The number of benzene rings is 4. The van der Waals surface area contributed by atoms with Crippen LogP contribution in [0.3, 0.4) is 0 Å². The molecular formula is C34H34N2O6. The number of anilines is 2. The molecule has 42 heavy (non-hydrogen) atoms. The van der Waals surface area contributed by atoms with Crippen LogP contribution >= 0.6 is 0 Å². The molecule has 0 atom stereocenters. The van der Waals surface area contributed by atoms with Gasteiger partial charge in [-0.1, -0.05) is 51.0 Å². The van der Waals surface area contributed by atoms with E-state index in [1.165, 1.54) is 12.1 Å². The zero-order valence-corrected chi connectivity index (χ0v) is 23.7. The van der Waals surface area contributed by atoms with Gasteiger partial charge in [0.1, 0.15) is 11.5 Å². The third-order valence-corrected chi connectivity index (χ3v) is 7.44.